The van der Waals surface area contributed by atoms with E-state index in [9.17, 15) is 8.76 Å². The molecule has 2 unspecified atom stereocenters. The van der Waals surface area contributed by atoms with Crippen LogP contribution in [0.5, 0.6) is 0 Å². The van der Waals surface area contributed by atoms with Crippen molar-refractivity contribution in [1.29, 1.82) is 0 Å². The van der Waals surface area contributed by atoms with Crippen LogP contribution in [-0.4, -0.2) is 59.2 Å². The van der Waals surface area contributed by atoms with Gasteiger partial charge in [0.25, 0.3) is 0 Å². The van der Waals surface area contributed by atoms with Crippen molar-refractivity contribution in [2.45, 2.75) is 13.0 Å². The minimum Gasteiger partial charge on any atom is -0.760 e. The quantitative estimate of drug-likeness (QED) is 0.498. The summed E-state index contributed by atoms with van der Waals surface area (Å²) < 4.78 is 23.9. The molecule has 32 heavy (non-hydrogen) atoms. The molecule has 12 heteroatoms. The highest BCUT2D eigenvalue weighted by molar-refractivity contribution is 7.76. The van der Waals surface area contributed by atoms with Gasteiger partial charge in [-0.15, -0.1) is 0 Å². The maximum atomic E-state index is 11.2. The highest BCUT2D eigenvalue weighted by Gasteiger charge is 2.20. The van der Waals surface area contributed by atoms with Crippen molar-refractivity contribution in [2.75, 3.05) is 41.7 Å². The summed E-state index contributed by atoms with van der Waals surface area (Å²) in [6.07, 6.45) is 4.79. The van der Waals surface area contributed by atoms with Crippen LogP contribution in [0, 0.1) is 0 Å². The number of piperazine rings is 1. The smallest absolute Gasteiger partial charge is 0.227 e. The van der Waals surface area contributed by atoms with Crippen LogP contribution in [-0.2, 0) is 11.3 Å². The number of nitrogens with zero attached hydrogens (tertiary/aromatic N) is 6. The Morgan fingerprint density at radius 2 is 1.84 bits per heavy atom. The predicted molar refractivity (Wildman–Crippen MR) is 124 cm³/mol. The Morgan fingerprint density at radius 3 is 2.50 bits per heavy atom. The van der Waals surface area contributed by atoms with E-state index in [0.717, 1.165) is 5.56 Å². The molecular formula is C20H22ClN8O2S-. The molecule has 0 aliphatic carbocycles. The summed E-state index contributed by atoms with van der Waals surface area (Å²) in [5.74, 6) is 2.23. The fourth-order valence-electron chi connectivity index (χ4n) is 3.31. The summed E-state index contributed by atoms with van der Waals surface area (Å²) in [4.78, 5) is 19.6. The molecule has 0 saturated carbocycles. The summed E-state index contributed by atoms with van der Waals surface area (Å²) in [6, 6.07) is 9.33. The van der Waals surface area contributed by atoms with Gasteiger partial charge in [0.15, 0.2) is 0 Å². The van der Waals surface area contributed by atoms with Crippen molar-refractivity contribution in [3.8, 4) is 0 Å². The average molecular weight is 474 g/mol. The fourth-order valence-corrected chi connectivity index (χ4v) is 3.90. The van der Waals surface area contributed by atoms with E-state index in [2.05, 4.69) is 30.6 Å². The maximum Gasteiger partial charge on any atom is 0.227 e. The zero-order chi connectivity index (χ0) is 22.5. The van der Waals surface area contributed by atoms with Crippen molar-refractivity contribution >= 4 is 46.3 Å². The first-order valence-electron chi connectivity index (χ1n) is 10.0. The monoisotopic (exact) mass is 473 g/mol. The van der Waals surface area contributed by atoms with Crippen LogP contribution in [0.4, 0.5) is 23.4 Å². The van der Waals surface area contributed by atoms with E-state index in [1.165, 1.54) is 4.31 Å². The molecular weight excluding hydrogens is 452 g/mol. The Morgan fingerprint density at radius 1 is 1.09 bits per heavy atom. The van der Waals surface area contributed by atoms with Crippen LogP contribution in [0.15, 0.2) is 48.9 Å². The molecule has 2 N–H and O–H groups in total. The Kier molecular flexibility index (Phi) is 7.10. The molecule has 0 spiro atoms. The molecule has 1 saturated heterocycles. The van der Waals surface area contributed by atoms with Gasteiger partial charge in [0.2, 0.25) is 5.95 Å². The van der Waals surface area contributed by atoms with E-state index in [4.69, 9.17) is 11.6 Å². The summed E-state index contributed by atoms with van der Waals surface area (Å²) in [5, 5.41) is 7.16. The van der Waals surface area contributed by atoms with Crippen molar-refractivity contribution in [1.82, 2.24) is 24.2 Å². The molecule has 3 aromatic rings. The van der Waals surface area contributed by atoms with E-state index in [1.807, 2.05) is 42.2 Å². The molecule has 1 aliphatic rings. The van der Waals surface area contributed by atoms with Gasteiger partial charge in [-0.05, 0) is 24.6 Å². The van der Waals surface area contributed by atoms with Gasteiger partial charge in [-0.1, -0.05) is 23.7 Å². The van der Waals surface area contributed by atoms with Gasteiger partial charge in [0.05, 0.1) is 12.2 Å². The van der Waals surface area contributed by atoms with Crippen molar-refractivity contribution < 1.29 is 8.76 Å². The first kappa shape index (κ1) is 22.3. The number of hydrogen-bond donors (Lipinski definition) is 2. The molecule has 0 radical (unpaired) electrons. The second-order valence-electron chi connectivity index (χ2n) is 7.20. The Bertz CT molecular complexity index is 1060. The molecule has 2 aromatic heterocycles. The summed E-state index contributed by atoms with van der Waals surface area (Å²) in [7, 11) is 0. The molecule has 1 aromatic carbocycles. The van der Waals surface area contributed by atoms with Crippen LogP contribution in [0.25, 0.3) is 0 Å². The highest BCUT2D eigenvalue weighted by Crippen LogP contribution is 2.25. The lowest BCUT2D eigenvalue weighted by Gasteiger charge is -2.36. The SMILES string of the molecule is CC(Nc1nc(Nc2cnccn2)cc(N2CCN(S(=O)[O-])CC2)n1)c1ccc(Cl)cc1. The first-order chi connectivity index (χ1) is 15.5. The van der Waals surface area contributed by atoms with E-state index < -0.39 is 11.3 Å². The molecule has 0 bridgehead atoms. The third-order valence-corrected chi connectivity index (χ3v) is 6.06. The van der Waals surface area contributed by atoms with E-state index >= 15 is 0 Å². The minimum absolute atomic E-state index is 0.0633. The van der Waals surface area contributed by atoms with Gasteiger partial charge < -0.3 is 20.1 Å². The van der Waals surface area contributed by atoms with Gasteiger partial charge in [0.1, 0.15) is 17.5 Å². The van der Waals surface area contributed by atoms with Gasteiger partial charge in [-0.2, -0.15) is 9.97 Å². The second kappa shape index (κ2) is 10.2. The lowest BCUT2D eigenvalue weighted by Crippen LogP contribution is -2.47. The number of benzene rings is 1. The molecule has 1 fully saturated rings. The third-order valence-electron chi connectivity index (χ3n) is 5.02. The van der Waals surface area contributed by atoms with Gasteiger partial charge in [0, 0.05) is 60.9 Å². The number of aromatic nitrogens is 4. The zero-order valence-corrected chi connectivity index (χ0v) is 18.9. The lowest BCUT2D eigenvalue weighted by atomic mass is 10.1. The standard InChI is InChI=1S/C20H23ClN8O2S/c1-14(15-2-4-16(21)5-3-15)24-20-26-17(25-18-13-22-6-7-23-18)12-19(27-20)28-8-10-29(11-9-28)32(30)31/h2-7,12-14H,8-11H2,1H3,(H,30,31)(H2,23,24,25,26,27)/p-1. The fraction of sp³-hybridized carbons (Fsp3) is 0.300. The van der Waals surface area contributed by atoms with E-state index in [1.54, 1.807) is 18.6 Å². The van der Waals surface area contributed by atoms with Gasteiger partial charge in [-0.3, -0.25) is 9.19 Å². The van der Waals surface area contributed by atoms with Crippen LogP contribution in [0.2, 0.25) is 5.02 Å². The molecule has 0 amide bonds. The predicted octanol–water partition coefficient (Wildman–Crippen LogP) is 2.75. The summed E-state index contributed by atoms with van der Waals surface area (Å²) in [6.45, 7) is 3.87. The first-order valence-corrected chi connectivity index (χ1v) is 11.4. The molecule has 3 heterocycles. The van der Waals surface area contributed by atoms with E-state index in [0.29, 0.717) is 54.6 Å². The van der Waals surface area contributed by atoms with Gasteiger partial charge in [-0.25, -0.2) is 9.29 Å². The Labute approximate surface area is 193 Å². The van der Waals surface area contributed by atoms with Crippen LogP contribution in [0.1, 0.15) is 18.5 Å². The van der Waals surface area contributed by atoms with E-state index in [-0.39, 0.29) is 6.04 Å². The average Bonchev–Trinajstić information content (AvgIpc) is 2.80. The molecule has 1 aliphatic heterocycles. The number of hydrogen-bond acceptors (Lipinski definition) is 9. The van der Waals surface area contributed by atoms with Crippen LogP contribution >= 0.6 is 11.6 Å². The largest absolute Gasteiger partial charge is 0.760 e. The van der Waals surface area contributed by atoms with Crippen molar-refractivity contribution in [3.63, 3.8) is 0 Å². The minimum atomic E-state index is -2.21. The number of nitrogens with one attached hydrogen (secondary N) is 2. The normalized spacial score (nSPS) is 16.4. The Hall–Kier alpha value is -2.86. The van der Waals surface area contributed by atoms with Gasteiger partial charge >= 0.3 is 0 Å². The number of rotatable bonds is 7. The lowest BCUT2D eigenvalue weighted by molar-refractivity contribution is 0.366. The zero-order valence-electron chi connectivity index (χ0n) is 17.3. The molecule has 2 atom stereocenters. The number of anilines is 4. The van der Waals surface area contributed by atoms with Crippen molar-refractivity contribution in [3.05, 3.63) is 59.5 Å². The number of halogens is 1. The molecule has 4 rings (SSSR count). The summed E-state index contributed by atoms with van der Waals surface area (Å²) >= 11 is 3.78. The van der Waals surface area contributed by atoms with Crippen LogP contribution < -0.4 is 15.5 Å². The summed E-state index contributed by atoms with van der Waals surface area (Å²) in [5.41, 5.74) is 1.04. The molecule has 10 nitrogen and oxygen atoms in total. The Balaban J connectivity index is 1.58. The third kappa shape index (κ3) is 5.68. The van der Waals surface area contributed by atoms with Crippen LogP contribution in [0.3, 0.4) is 0 Å². The molecule has 168 valence electrons. The highest BCUT2D eigenvalue weighted by atomic mass is 35.5. The second-order valence-corrected chi connectivity index (χ2v) is 8.59. The topological polar surface area (TPSA) is 122 Å². The van der Waals surface area contributed by atoms with Crippen molar-refractivity contribution in [2.24, 2.45) is 0 Å². The maximum absolute atomic E-state index is 11.2.